The van der Waals surface area contributed by atoms with Gasteiger partial charge in [0, 0.05) is 13.1 Å². The second-order valence-corrected chi connectivity index (χ2v) is 3.31. The van der Waals surface area contributed by atoms with E-state index in [4.69, 9.17) is 5.11 Å². The molecule has 2 rings (SSSR count). The lowest BCUT2D eigenvalue weighted by Gasteiger charge is -2.15. The normalized spacial score (nSPS) is 15.2. The third kappa shape index (κ3) is 1.29. The third-order valence-electron chi connectivity index (χ3n) is 2.45. The maximum atomic E-state index is 11.0. The number of nitrogens with zero attached hydrogens (tertiary/aromatic N) is 2. The molecule has 2 heterocycles. The zero-order valence-electron chi connectivity index (χ0n) is 8.08. The number of rotatable bonds is 2. The standard InChI is InChI=1S/C9H13N3O2/c1-2-6-8(9(13)14)12-4-3-10-5-7(12)11-6/h10H,2-5H2,1H3,(H,13,14). The van der Waals surface area contributed by atoms with Crippen molar-refractivity contribution in [2.24, 2.45) is 0 Å². The van der Waals surface area contributed by atoms with Crippen LogP contribution in [0.5, 0.6) is 0 Å². The van der Waals surface area contributed by atoms with Gasteiger partial charge in [0.25, 0.3) is 0 Å². The first-order chi connectivity index (χ1) is 6.74. The van der Waals surface area contributed by atoms with Crippen molar-refractivity contribution in [2.75, 3.05) is 6.54 Å². The number of imidazole rings is 1. The molecule has 2 N–H and O–H groups in total. The smallest absolute Gasteiger partial charge is 0.354 e. The Hall–Kier alpha value is -1.36. The molecule has 0 aromatic carbocycles. The van der Waals surface area contributed by atoms with Crippen LogP contribution in [0.15, 0.2) is 0 Å². The Morgan fingerprint density at radius 1 is 1.71 bits per heavy atom. The summed E-state index contributed by atoms with van der Waals surface area (Å²) < 4.78 is 1.80. The average molecular weight is 195 g/mol. The molecule has 0 atom stereocenters. The molecule has 0 bridgehead atoms. The highest BCUT2D eigenvalue weighted by Gasteiger charge is 2.22. The number of aromatic nitrogens is 2. The number of hydrogen-bond donors (Lipinski definition) is 2. The van der Waals surface area contributed by atoms with Crippen molar-refractivity contribution in [3.05, 3.63) is 17.2 Å². The van der Waals surface area contributed by atoms with Crippen LogP contribution in [-0.2, 0) is 19.5 Å². The SMILES string of the molecule is CCc1nc2n(c1C(=O)O)CCNC2. The van der Waals surface area contributed by atoms with Crippen molar-refractivity contribution in [3.8, 4) is 0 Å². The van der Waals surface area contributed by atoms with E-state index in [-0.39, 0.29) is 0 Å². The topological polar surface area (TPSA) is 67.2 Å². The van der Waals surface area contributed by atoms with Crippen molar-refractivity contribution in [1.29, 1.82) is 0 Å². The molecule has 5 heteroatoms. The van der Waals surface area contributed by atoms with Gasteiger partial charge in [0.2, 0.25) is 0 Å². The minimum absolute atomic E-state index is 0.365. The Morgan fingerprint density at radius 3 is 3.14 bits per heavy atom. The fourth-order valence-electron chi connectivity index (χ4n) is 1.81. The van der Waals surface area contributed by atoms with Crippen LogP contribution in [0, 0.1) is 0 Å². The van der Waals surface area contributed by atoms with Crippen LogP contribution in [0.3, 0.4) is 0 Å². The van der Waals surface area contributed by atoms with E-state index < -0.39 is 5.97 Å². The van der Waals surface area contributed by atoms with Gasteiger partial charge in [-0.25, -0.2) is 9.78 Å². The molecule has 0 amide bonds. The third-order valence-corrected chi connectivity index (χ3v) is 2.45. The van der Waals surface area contributed by atoms with Crippen LogP contribution in [0.2, 0.25) is 0 Å². The van der Waals surface area contributed by atoms with Gasteiger partial charge in [-0.15, -0.1) is 0 Å². The van der Waals surface area contributed by atoms with Crippen molar-refractivity contribution in [1.82, 2.24) is 14.9 Å². The molecule has 0 radical (unpaired) electrons. The molecule has 0 fully saturated rings. The van der Waals surface area contributed by atoms with Crippen LogP contribution < -0.4 is 5.32 Å². The van der Waals surface area contributed by atoms with Gasteiger partial charge in [-0.3, -0.25) is 0 Å². The first-order valence-electron chi connectivity index (χ1n) is 4.76. The molecule has 1 aliphatic rings. The molecular formula is C9H13N3O2. The molecule has 5 nitrogen and oxygen atoms in total. The number of hydrogen-bond acceptors (Lipinski definition) is 3. The number of nitrogens with one attached hydrogen (secondary N) is 1. The molecule has 1 aromatic heterocycles. The van der Waals surface area contributed by atoms with Gasteiger partial charge in [-0.2, -0.15) is 0 Å². The molecule has 0 saturated heterocycles. The van der Waals surface area contributed by atoms with E-state index in [1.54, 1.807) is 4.57 Å². The number of aryl methyl sites for hydroxylation is 1. The van der Waals surface area contributed by atoms with Gasteiger partial charge in [0.1, 0.15) is 5.82 Å². The lowest BCUT2D eigenvalue weighted by Crippen LogP contribution is -2.29. The molecule has 0 saturated carbocycles. The minimum Gasteiger partial charge on any atom is -0.477 e. The fourth-order valence-corrected chi connectivity index (χ4v) is 1.81. The van der Waals surface area contributed by atoms with Crippen molar-refractivity contribution < 1.29 is 9.90 Å². The predicted octanol–water partition coefficient (Wildman–Crippen LogP) is 0.247. The highest BCUT2D eigenvalue weighted by Crippen LogP contribution is 2.15. The minimum atomic E-state index is -0.873. The summed E-state index contributed by atoms with van der Waals surface area (Å²) in [5.74, 6) is -0.0343. The Labute approximate surface area is 81.8 Å². The van der Waals surface area contributed by atoms with Gasteiger partial charge in [-0.1, -0.05) is 6.92 Å². The Balaban J connectivity index is 2.53. The number of fused-ring (bicyclic) bond motifs is 1. The summed E-state index contributed by atoms with van der Waals surface area (Å²) in [5, 5.41) is 12.2. The van der Waals surface area contributed by atoms with Gasteiger partial charge in [0.05, 0.1) is 12.2 Å². The van der Waals surface area contributed by atoms with Crippen molar-refractivity contribution in [2.45, 2.75) is 26.4 Å². The Kier molecular flexibility index (Phi) is 2.25. The molecule has 1 aliphatic heterocycles. The van der Waals surface area contributed by atoms with Crippen LogP contribution in [0.4, 0.5) is 0 Å². The Morgan fingerprint density at radius 2 is 2.50 bits per heavy atom. The van der Waals surface area contributed by atoms with E-state index in [1.165, 1.54) is 0 Å². The van der Waals surface area contributed by atoms with Crippen LogP contribution in [0.25, 0.3) is 0 Å². The van der Waals surface area contributed by atoms with Gasteiger partial charge < -0.3 is 15.0 Å². The highest BCUT2D eigenvalue weighted by atomic mass is 16.4. The number of carbonyl (C=O) groups is 1. The maximum Gasteiger partial charge on any atom is 0.354 e. The Bertz CT molecular complexity index is 370. The van der Waals surface area contributed by atoms with Gasteiger partial charge in [0.15, 0.2) is 5.69 Å². The molecule has 0 unspecified atom stereocenters. The lowest BCUT2D eigenvalue weighted by molar-refractivity contribution is 0.0682. The largest absolute Gasteiger partial charge is 0.477 e. The summed E-state index contributed by atoms with van der Waals surface area (Å²) in [4.78, 5) is 15.3. The lowest BCUT2D eigenvalue weighted by atomic mass is 10.2. The first-order valence-corrected chi connectivity index (χ1v) is 4.76. The number of carboxylic acid groups (broad SMARTS) is 1. The van der Waals surface area contributed by atoms with E-state index in [2.05, 4.69) is 10.3 Å². The van der Waals surface area contributed by atoms with E-state index in [0.29, 0.717) is 30.9 Å². The monoisotopic (exact) mass is 195 g/mol. The summed E-state index contributed by atoms with van der Waals surface area (Å²) in [7, 11) is 0. The summed E-state index contributed by atoms with van der Waals surface area (Å²) in [5.41, 5.74) is 1.06. The summed E-state index contributed by atoms with van der Waals surface area (Å²) in [6.07, 6.45) is 0.668. The second kappa shape index (κ2) is 3.42. The maximum absolute atomic E-state index is 11.0. The average Bonchev–Trinajstić information content (AvgIpc) is 2.55. The van der Waals surface area contributed by atoms with Crippen LogP contribution in [0.1, 0.15) is 28.9 Å². The quantitative estimate of drug-likeness (QED) is 0.709. The fraction of sp³-hybridized carbons (Fsp3) is 0.556. The highest BCUT2D eigenvalue weighted by molar-refractivity contribution is 5.87. The number of aromatic carboxylic acids is 1. The second-order valence-electron chi connectivity index (χ2n) is 3.31. The molecule has 1 aromatic rings. The van der Waals surface area contributed by atoms with Gasteiger partial charge in [-0.05, 0) is 6.42 Å². The van der Waals surface area contributed by atoms with Crippen LogP contribution >= 0.6 is 0 Å². The molecular weight excluding hydrogens is 182 g/mol. The number of carboxylic acids is 1. The predicted molar refractivity (Wildman–Crippen MR) is 50.3 cm³/mol. The van der Waals surface area contributed by atoms with E-state index in [1.807, 2.05) is 6.92 Å². The zero-order chi connectivity index (χ0) is 10.1. The molecule has 14 heavy (non-hydrogen) atoms. The zero-order valence-corrected chi connectivity index (χ0v) is 8.08. The van der Waals surface area contributed by atoms with E-state index >= 15 is 0 Å². The summed E-state index contributed by atoms with van der Waals surface area (Å²) in [6, 6.07) is 0. The van der Waals surface area contributed by atoms with Gasteiger partial charge >= 0.3 is 5.97 Å². The summed E-state index contributed by atoms with van der Waals surface area (Å²) >= 11 is 0. The van der Waals surface area contributed by atoms with Crippen molar-refractivity contribution >= 4 is 5.97 Å². The molecule has 0 aliphatic carbocycles. The summed E-state index contributed by atoms with van der Waals surface area (Å²) in [6.45, 7) is 4.10. The van der Waals surface area contributed by atoms with E-state index in [0.717, 1.165) is 12.4 Å². The molecule has 76 valence electrons. The molecule has 0 spiro atoms. The van der Waals surface area contributed by atoms with Crippen LogP contribution in [-0.4, -0.2) is 27.2 Å². The van der Waals surface area contributed by atoms with Crippen molar-refractivity contribution in [3.63, 3.8) is 0 Å². The van der Waals surface area contributed by atoms with E-state index in [9.17, 15) is 4.79 Å². The first kappa shape index (κ1) is 9.21.